The van der Waals surface area contributed by atoms with Gasteiger partial charge in [-0.15, -0.1) is 0 Å². The zero-order chi connectivity index (χ0) is 20.9. The number of ether oxygens (including phenoxy) is 1. The van der Waals surface area contributed by atoms with E-state index in [4.69, 9.17) is 16.3 Å². The highest BCUT2D eigenvalue weighted by atomic mass is 35.5. The van der Waals surface area contributed by atoms with Crippen LogP contribution in [-0.4, -0.2) is 33.8 Å². The Morgan fingerprint density at radius 1 is 1.17 bits per heavy atom. The van der Waals surface area contributed by atoms with Crippen molar-refractivity contribution < 1.29 is 9.53 Å². The van der Waals surface area contributed by atoms with Gasteiger partial charge < -0.3 is 10.1 Å². The number of nitrogens with zero attached hydrogens (tertiary/aromatic N) is 3. The molecule has 4 rings (SSSR count). The van der Waals surface area contributed by atoms with Crippen molar-refractivity contribution in [3.05, 3.63) is 83.3 Å². The summed E-state index contributed by atoms with van der Waals surface area (Å²) in [5.74, 6) is 0.589. The van der Waals surface area contributed by atoms with Crippen molar-refractivity contribution in [1.29, 1.82) is 0 Å². The van der Waals surface area contributed by atoms with Crippen molar-refractivity contribution >= 4 is 28.4 Å². The molecule has 0 aliphatic heterocycles. The third-order valence-electron chi connectivity index (χ3n) is 4.77. The Balaban J connectivity index is 1.31. The number of para-hydroxylation sites is 1. The van der Waals surface area contributed by atoms with Crippen LogP contribution in [0.4, 0.5) is 0 Å². The minimum Gasteiger partial charge on any atom is -0.491 e. The standard InChI is InChI=1S/C23H21ClN4O2/c1-16-20(15-27-28(16)19-9-3-8-18(24)14-19)23(29)26-12-5-13-30-21-10-2-6-17-7-4-11-25-22(17)21/h2-4,6-11,14-15H,5,12-13H2,1H3,(H,26,29). The van der Waals surface area contributed by atoms with Crippen LogP contribution in [0.1, 0.15) is 22.5 Å². The predicted octanol–water partition coefficient (Wildman–Crippen LogP) is 4.58. The highest BCUT2D eigenvalue weighted by Crippen LogP contribution is 2.23. The first-order valence-corrected chi connectivity index (χ1v) is 10.1. The van der Waals surface area contributed by atoms with Gasteiger partial charge in [0.15, 0.2) is 0 Å². The second-order valence-corrected chi connectivity index (χ2v) is 7.26. The molecule has 0 fully saturated rings. The van der Waals surface area contributed by atoms with E-state index in [1.54, 1.807) is 23.1 Å². The van der Waals surface area contributed by atoms with Crippen LogP contribution in [0.15, 0.2) is 67.0 Å². The molecular formula is C23H21ClN4O2. The van der Waals surface area contributed by atoms with Gasteiger partial charge in [0.2, 0.25) is 0 Å². The molecule has 30 heavy (non-hydrogen) atoms. The van der Waals surface area contributed by atoms with E-state index in [0.29, 0.717) is 30.2 Å². The van der Waals surface area contributed by atoms with Crippen LogP contribution in [0.3, 0.4) is 0 Å². The molecule has 1 amide bonds. The van der Waals surface area contributed by atoms with Crippen LogP contribution in [0.5, 0.6) is 5.75 Å². The second kappa shape index (κ2) is 8.97. The molecule has 0 bridgehead atoms. The number of rotatable bonds is 7. The van der Waals surface area contributed by atoms with E-state index >= 15 is 0 Å². The Morgan fingerprint density at radius 2 is 2.00 bits per heavy atom. The molecule has 0 aliphatic carbocycles. The third kappa shape index (κ3) is 4.28. The lowest BCUT2D eigenvalue weighted by atomic mass is 10.2. The first-order valence-electron chi connectivity index (χ1n) is 9.69. The molecule has 0 radical (unpaired) electrons. The van der Waals surface area contributed by atoms with E-state index in [9.17, 15) is 4.79 Å². The first kappa shape index (κ1) is 19.9. The molecule has 0 aliphatic rings. The number of hydrogen-bond acceptors (Lipinski definition) is 4. The van der Waals surface area contributed by atoms with E-state index in [2.05, 4.69) is 15.4 Å². The quantitative estimate of drug-likeness (QED) is 0.444. The van der Waals surface area contributed by atoms with Crippen LogP contribution in [-0.2, 0) is 0 Å². The Morgan fingerprint density at radius 3 is 2.87 bits per heavy atom. The average Bonchev–Trinajstić information content (AvgIpc) is 3.15. The number of carbonyl (C=O) groups excluding carboxylic acids is 1. The Kier molecular flexibility index (Phi) is 5.95. The minimum atomic E-state index is -0.160. The molecule has 0 saturated heterocycles. The number of amides is 1. The molecule has 6 nitrogen and oxygen atoms in total. The SMILES string of the molecule is Cc1c(C(=O)NCCCOc2cccc3cccnc23)cnn1-c1cccc(Cl)c1. The lowest BCUT2D eigenvalue weighted by Gasteiger charge is -2.09. The Labute approximate surface area is 179 Å². The van der Waals surface area contributed by atoms with Crippen LogP contribution >= 0.6 is 11.6 Å². The largest absolute Gasteiger partial charge is 0.491 e. The smallest absolute Gasteiger partial charge is 0.254 e. The van der Waals surface area contributed by atoms with Crippen molar-refractivity contribution in [3.63, 3.8) is 0 Å². The summed E-state index contributed by atoms with van der Waals surface area (Å²) in [6, 6.07) is 17.1. The molecular weight excluding hydrogens is 400 g/mol. The summed E-state index contributed by atoms with van der Waals surface area (Å²) in [7, 11) is 0. The number of carbonyl (C=O) groups is 1. The van der Waals surface area contributed by atoms with Gasteiger partial charge in [-0.3, -0.25) is 9.78 Å². The maximum absolute atomic E-state index is 12.5. The van der Waals surface area contributed by atoms with Gasteiger partial charge >= 0.3 is 0 Å². The molecule has 1 N–H and O–H groups in total. The van der Waals surface area contributed by atoms with Gasteiger partial charge in [0.1, 0.15) is 11.3 Å². The second-order valence-electron chi connectivity index (χ2n) is 6.82. The van der Waals surface area contributed by atoms with Gasteiger partial charge in [0.05, 0.1) is 29.7 Å². The number of hydrogen-bond donors (Lipinski definition) is 1. The van der Waals surface area contributed by atoms with E-state index in [0.717, 1.165) is 28.0 Å². The first-order chi connectivity index (χ1) is 14.6. The molecule has 2 aromatic heterocycles. The summed E-state index contributed by atoms with van der Waals surface area (Å²) >= 11 is 6.05. The molecule has 0 saturated carbocycles. The average molecular weight is 421 g/mol. The summed E-state index contributed by atoms with van der Waals surface area (Å²) in [6.45, 7) is 2.84. The fourth-order valence-corrected chi connectivity index (χ4v) is 3.43. The zero-order valence-corrected chi connectivity index (χ0v) is 17.3. The highest BCUT2D eigenvalue weighted by Gasteiger charge is 2.15. The van der Waals surface area contributed by atoms with Crippen LogP contribution in [0.25, 0.3) is 16.6 Å². The molecule has 2 heterocycles. The monoisotopic (exact) mass is 420 g/mol. The van der Waals surface area contributed by atoms with Crippen molar-refractivity contribution in [1.82, 2.24) is 20.1 Å². The van der Waals surface area contributed by atoms with Gasteiger partial charge in [0, 0.05) is 23.2 Å². The summed E-state index contributed by atoms with van der Waals surface area (Å²) < 4.78 is 7.57. The number of halogens is 1. The number of aromatic nitrogens is 3. The molecule has 152 valence electrons. The van der Waals surface area contributed by atoms with Gasteiger partial charge in [-0.2, -0.15) is 5.10 Å². The van der Waals surface area contributed by atoms with Crippen molar-refractivity contribution in [3.8, 4) is 11.4 Å². The summed E-state index contributed by atoms with van der Waals surface area (Å²) in [6.07, 6.45) is 4.00. The maximum Gasteiger partial charge on any atom is 0.254 e. The van der Waals surface area contributed by atoms with Crippen molar-refractivity contribution in [2.45, 2.75) is 13.3 Å². The summed E-state index contributed by atoms with van der Waals surface area (Å²) in [4.78, 5) is 16.9. The van der Waals surface area contributed by atoms with Gasteiger partial charge in [-0.1, -0.05) is 35.9 Å². The van der Waals surface area contributed by atoms with Gasteiger partial charge in [-0.25, -0.2) is 4.68 Å². The minimum absolute atomic E-state index is 0.160. The fourth-order valence-electron chi connectivity index (χ4n) is 3.24. The van der Waals surface area contributed by atoms with Gasteiger partial charge in [0.25, 0.3) is 5.91 Å². The highest BCUT2D eigenvalue weighted by molar-refractivity contribution is 6.30. The molecule has 7 heteroatoms. The van der Waals surface area contributed by atoms with Gasteiger partial charge in [-0.05, 0) is 43.7 Å². The predicted molar refractivity (Wildman–Crippen MR) is 117 cm³/mol. The number of benzene rings is 2. The number of fused-ring (bicyclic) bond motifs is 1. The number of nitrogens with one attached hydrogen (secondary N) is 1. The number of pyridine rings is 1. The summed E-state index contributed by atoms with van der Waals surface area (Å²) in [5, 5.41) is 8.91. The Bertz CT molecular complexity index is 1180. The zero-order valence-electron chi connectivity index (χ0n) is 16.5. The fraction of sp³-hybridized carbons (Fsp3) is 0.174. The molecule has 0 atom stereocenters. The lowest BCUT2D eigenvalue weighted by Crippen LogP contribution is -2.26. The van der Waals surface area contributed by atoms with E-state index in [1.165, 1.54) is 0 Å². The molecule has 0 spiro atoms. The third-order valence-corrected chi connectivity index (χ3v) is 5.00. The summed E-state index contributed by atoms with van der Waals surface area (Å²) in [5.41, 5.74) is 2.95. The Hall–Kier alpha value is -3.38. The lowest BCUT2D eigenvalue weighted by molar-refractivity contribution is 0.0951. The van der Waals surface area contributed by atoms with Crippen molar-refractivity contribution in [2.75, 3.05) is 13.2 Å². The van der Waals surface area contributed by atoms with Crippen molar-refractivity contribution in [2.24, 2.45) is 0 Å². The maximum atomic E-state index is 12.5. The molecule has 4 aromatic rings. The van der Waals surface area contributed by atoms with E-state index < -0.39 is 0 Å². The van der Waals surface area contributed by atoms with Crippen LogP contribution in [0.2, 0.25) is 5.02 Å². The van der Waals surface area contributed by atoms with E-state index in [-0.39, 0.29) is 5.91 Å². The van der Waals surface area contributed by atoms with Crippen LogP contribution < -0.4 is 10.1 Å². The topological polar surface area (TPSA) is 69.0 Å². The molecule has 2 aromatic carbocycles. The molecule has 0 unspecified atom stereocenters. The normalized spacial score (nSPS) is 10.9. The van der Waals surface area contributed by atoms with Crippen LogP contribution in [0, 0.1) is 6.92 Å². The van der Waals surface area contributed by atoms with E-state index in [1.807, 2.05) is 55.5 Å².